The summed E-state index contributed by atoms with van der Waals surface area (Å²) in [5.74, 6) is 0.698. The van der Waals surface area contributed by atoms with E-state index in [1.54, 1.807) is 20.9 Å². The molecule has 0 atom stereocenters. The molecule has 10 heteroatoms. The number of amides is 2. The molecule has 5 rings (SSSR count). The van der Waals surface area contributed by atoms with Crippen molar-refractivity contribution in [1.82, 2.24) is 30.2 Å². The number of unbranched alkanes of at least 4 members (excludes halogenated alkanes) is 1. The van der Waals surface area contributed by atoms with Crippen LogP contribution in [0.15, 0.2) is 60.1 Å². The van der Waals surface area contributed by atoms with E-state index in [9.17, 15) is 4.79 Å². The number of benzene rings is 2. The van der Waals surface area contributed by atoms with E-state index in [2.05, 4.69) is 45.3 Å². The molecule has 38 heavy (non-hydrogen) atoms. The van der Waals surface area contributed by atoms with Crippen molar-refractivity contribution in [3.8, 4) is 22.0 Å². The van der Waals surface area contributed by atoms with Crippen LogP contribution in [0.25, 0.3) is 16.3 Å². The quantitative estimate of drug-likeness (QED) is 0.253. The zero-order valence-corrected chi connectivity index (χ0v) is 22.1. The zero-order valence-electron chi connectivity index (χ0n) is 21.3. The van der Waals surface area contributed by atoms with Crippen molar-refractivity contribution >= 4 is 17.4 Å². The highest BCUT2D eigenvalue weighted by Gasteiger charge is 2.20. The Hall–Kier alpha value is -3.76. The fourth-order valence-electron chi connectivity index (χ4n) is 4.36. The Bertz CT molecular complexity index is 1340. The van der Waals surface area contributed by atoms with E-state index in [4.69, 9.17) is 14.8 Å². The number of aliphatic hydroxyl groups excluding tert-OH is 1. The van der Waals surface area contributed by atoms with Gasteiger partial charge in [0.2, 0.25) is 0 Å². The van der Waals surface area contributed by atoms with Gasteiger partial charge in [-0.2, -0.15) is 0 Å². The molecule has 2 aromatic heterocycles. The van der Waals surface area contributed by atoms with Crippen LogP contribution >= 0.6 is 11.3 Å². The van der Waals surface area contributed by atoms with Crippen LogP contribution in [0.2, 0.25) is 0 Å². The summed E-state index contributed by atoms with van der Waals surface area (Å²) in [6.07, 6.45) is 6.10. The topological polar surface area (TPSA) is 105 Å². The largest absolute Gasteiger partial charge is 0.491 e. The Balaban J connectivity index is 1.33. The average molecular weight is 533 g/mol. The lowest BCUT2D eigenvalue weighted by Crippen LogP contribution is -2.31. The molecule has 2 amide bonds. The average Bonchev–Trinajstić information content (AvgIpc) is 3.70. The lowest BCUT2D eigenvalue weighted by Gasteiger charge is -2.16. The standard InChI is InChI=1S/C28H32N6O3S/c35-16-5-4-8-22-19-34(32-31-22)24-11-12-25(26(18-24)37-17-15-33-14-13-29-28(33)36)27-30-23(20-38-27)10-9-21-6-2-1-3-7-21/h1-3,6-7,11-12,18-20,35H,4-5,8-10,13-17H2,(H,29,36). The van der Waals surface area contributed by atoms with E-state index in [-0.39, 0.29) is 12.6 Å². The molecule has 4 aromatic rings. The van der Waals surface area contributed by atoms with Gasteiger partial charge in [0.25, 0.3) is 0 Å². The maximum atomic E-state index is 11.9. The van der Waals surface area contributed by atoms with Gasteiger partial charge in [-0.3, -0.25) is 0 Å². The molecule has 1 aliphatic heterocycles. The first-order chi connectivity index (χ1) is 18.7. The molecule has 2 aromatic carbocycles. The number of aliphatic hydroxyl groups is 1. The highest BCUT2D eigenvalue weighted by molar-refractivity contribution is 7.13. The van der Waals surface area contributed by atoms with E-state index in [1.165, 1.54) is 5.56 Å². The lowest BCUT2D eigenvalue weighted by atomic mass is 10.1. The van der Waals surface area contributed by atoms with Gasteiger partial charge in [0, 0.05) is 31.1 Å². The van der Waals surface area contributed by atoms with Gasteiger partial charge >= 0.3 is 6.03 Å². The smallest absolute Gasteiger partial charge is 0.317 e. The normalized spacial score (nSPS) is 13.2. The Morgan fingerprint density at radius 2 is 1.95 bits per heavy atom. The number of nitrogens with one attached hydrogen (secondary N) is 1. The first kappa shape index (κ1) is 25.9. The number of hydrogen-bond donors (Lipinski definition) is 2. The molecule has 0 aliphatic carbocycles. The molecule has 9 nitrogen and oxygen atoms in total. The molecule has 1 fully saturated rings. The van der Waals surface area contributed by atoms with Crippen molar-refractivity contribution in [2.24, 2.45) is 0 Å². The first-order valence-electron chi connectivity index (χ1n) is 13.0. The second-order valence-corrected chi connectivity index (χ2v) is 10.1. The number of carbonyl (C=O) groups is 1. The molecule has 0 saturated carbocycles. The predicted molar refractivity (Wildman–Crippen MR) is 147 cm³/mol. The molecule has 3 heterocycles. The minimum absolute atomic E-state index is 0.0538. The predicted octanol–water partition coefficient (Wildman–Crippen LogP) is 3.90. The van der Waals surface area contributed by atoms with Crippen molar-refractivity contribution < 1.29 is 14.6 Å². The molecule has 198 valence electrons. The van der Waals surface area contributed by atoms with Crippen LogP contribution in [0.3, 0.4) is 0 Å². The van der Waals surface area contributed by atoms with Gasteiger partial charge in [-0.1, -0.05) is 35.5 Å². The molecule has 1 aliphatic rings. The van der Waals surface area contributed by atoms with Crippen LogP contribution in [0, 0.1) is 0 Å². The summed E-state index contributed by atoms with van der Waals surface area (Å²) in [6, 6.07) is 16.3. The highest BCUT2D eigenvalue weighted by Crippen LogP contribution is 2.34. The summed E-state index contributed by atoms with van der Waals surface area (Å²) in [5, 5.41) is 23.4. The molecular formula is C28H32N6O3S. The van der Waals surface area contributed by atoms with Crippen molar-refractivity contribution in [3.63, 3.8) is 0 Å². The second-order valence-electron chi connectivity index (χ2n) is 9.21. The van der Waals surface area contributed by atoms with Gasteiger partial charge in [0.05, 0.1) is 35.4 Å². The van der Waals surface area contributed by atoms with Crippen LogP contribution in [-0.4, -0.2) is 68.9 Å². The molecule has 0 bridgehead atoms. The van der Waals surface area contributed by atoms with Gasteiger partial charge in [0.1, 0.15) is 17.4 Å². The number of hydrogen-bond acceptors (Lipinski definition) is 7. The summed E-state index contributed by atoms with van der Waals surface area (Å²) >= 11 is 1.61. The zero-order chi connectivity index (χ0) is 26.2. The van der Waals surface area contributed by atoms with E-state index >= 15 is 0 Å². The van der Waals surface area contributed by atoms with Gasteiger partial charge in [-0.15, -0.1) is 16.4 Å². The van der Waals surface area contributed by atoms with Gasteiger partial charge < -0.3 is 20.1 Å². The van der Waals surface area contributed by atoms with Gasteiger partial charge in [-0.05, 0) is 49.8 Å². The van der Waals surface area contributed by atoms with E-state index in [0.29, 0.717) is 32.0 Å². The van der Waals surface area contributed by atoms with Crippen LogP contribution in [0.5, 0.6) is 5.75 Å². The van der Waals surface area contributed by atoms with E-state index < -0.39 is 0 Å². The third-order valence-corrected chi connectivity index (χ3v) is 7.39. The molecule has 0 radical (unpaired) electrons. The fraction of sp³-hybridized carbons (Fsp3) is 0.357. The number of carbonyl (C=O) groups excluding carboxylic acids is 1. The van der Waals surface area contributed by atoms with Gasteiger partial charge in [0.15, 0.2) is 0 Å². The number of urea groups is 1. The SMILES string of the molecule is O=C1NCCN1CCOc1cc(-n2cc(CCCCO)nn2)ccc1-c1nc(CCc2ccccc2)cs1. The highest BCUT2D eigenvalue weighted by atomic mass is 32.1. The molecule has 2 N–H and O–H groups in total. The Labute approximate surface area is 226 Å². The number of aromatic nitrogens is 4. The van der Waals surface area contributed by atoms with Crippen LogP contribution in [-0.2, 0) is 19.3 Å². The van der Waals surface area contributed by atoms with Crippen molar-refractivity contribution in [1.29, 1.82) is 0 Å². The van der Waals surface area contributed by atoms with Crippen LogP contribution in [0.4, 0.5) is 4.79 Å². The first-order valence-corrected chi connectivity index (χ1v) is 13.9. The summed E-state index contributed by atoms with van der Waals surface area (Å²) in [6.45, 7) is 2.41. The maximum absolute atomic E-state index is 11.9. The number of thiazole rings is 1. The summed E-state index contributed by atoms with van der Waals surface area (Å²) in [7, 11) is 0. The van der Waals surface area contributed by atoms with E-state index in [1.807, 2.05) is 30.5 Å². The number of rotatable bonds is 13. The van der Waals surface area contributed by atoms with Gasteiger partial charge in [-0.25, -0.2) is 14.5 Å². The molecular weight excluding hydrogens is 500 g/mol. The second kappa shape index (κ2) is 12.7. The summed E-state index contributed by atoms with van der Waals surface area (Å²) < 4.78 is 7.99. The molecule has 0 unspecified atom stereocenters. The molecule has 1 saturated heterocycles. The Kier molecular flexibility index (Phi) is 8.62. The monoisotopic (exact) mass is 532 g/mol. The number of aryl methyl sites for hydroxylation is 3. The summed E-state index contributed by atoms with van der Waals surface area (Å²) in [4.78, 5) is 18.6. The Morgan fingerprint density at radius 1 is 1.05 bits per heavy atom. The molecule has 0 spiro atoms. The minimum Gasteiger partial charge on any atom is -0.491 e. The number of ether oxygens (including phenoxy) is 1. The lowest BCUT2D eigenvalue weighted by molar-refractivity contribution is 0.203. The van der Waals surface area contributed by atoms with E-state index in [0.717, 1.165) is 59.8 Å². The van der Waals surface area contributed by atoms with Crippen LogP contribution < -0.4 is 10.1 Å². The minimum atomic E-state index is -0.0538. The van der Waals surface area contributed by atoms with Crippen molar-refractivity contribution in [2.45, 2.75) is 32.1 Å². The third kappa shape index (κ3) is 6.56. The Morgan fingerprint density at radius 3 is 2.76 bits per heavy atom. The van der Waals surface area contributed by atoms with Crippen LogP contribution in [0.1, 0.15) is 29.8 Å². The fourth-order valence-corrected chi connectivity index (χ4v) is 5.24. The summed E-state index contributed by atoms with van der Waals surface area (Å²) in [5.41, 5.74) is 4.99. The third-order valence-electron chi connectivity index (χ3n) is 6.47. The maximum Gasteiger partial charge on any atom is 0.317 e. The van der Waals surface area contributed by atoms with Crippen molar-refractivity contribution in [2.75, 3.05) is 32.8 Å². The number of nitrogens with zero attached hydrogens (tertiary/aromatic N) is 5. The van der Waals surface area contributed by atoms with Crippen molar-refractivity contribution in [3.05, 3.63) is 77.1 Å².